The third kappa shape index (κ3) is 12.5. The lowest BCUT2D eigenvalue weighted by atomic mass is 9.86. The van der Waals surface area contributed by atoms with Gasteiger partial charge in [0, 0.05) is 67.0 Å². The number of fused-ring (bicyclic) bond motifs is 10. The van der Waals surface area contributed by atoms with Gasteiger partial charge in [-0.2, -0.15) is 0 Å². The fourth-order valence-corrected chi connectivity index (χ4v) is 17.4. The molecular formula is C108H84N4. The van der Waals surface area contributed by atoms with Gasteiger partial charge in [0.15, 0.2) is 0 Å². The average molecular weight is 1440 g/mol. The topological polar surface area (TPSA) is 16.3 Å². The minimum Gasteiger partial charge on any atom is -0.310 e. The maximum atomic E-state index is 2.42. The zero-order valence-electron chi connectivity index (χ0n) is 63.7. The van der Waals surface area contributed by atoms with Gasteiger partial charge in [-0.05, 0) is 250 Å². The molecule has 2 aromatic heterocycles. The molecule has 4 nitrogen and oxygen atoms in total. The van der Waals surface area contributed by atoms with E-state index in [1.807, 2.05) is 0 Å². The van der Waals surface area contributed by atoms with Crippen LogP contribution in [0.5, 0.6) is 0 Å². The summed E-state index contributed by atoms with van der Waals surface area (Å²) in [6, 6.07) is 146. The number of hydrogen-bond acceptors (Lipinski definition) is 2. The Morgan fingerprint density at radius 2 is 0.491 bits per heavy atom. The highest BCUT2D eigenvalue weighted by Crippen LogP contribution is 2.49. The third-order valence-electron chi connectivity index (χ3n) is 22.5. The molecule has 0 saturated heterocycles. The van der Waals surface area contributed by atoms with Crippen LogP contribution in [0.15, 0.2) is 400 Å². The molecule has 0 spiro atoms. The largest absolute Gasteiger partial charge is 0.310 e. The molecule has 536 valence electrons. The van der Waals surface area contributed by atoms with Crippen molar-refractivity contribution in [1.82, 2.24) is 9.13 Å². The molecule has 0 unspecified atom stereocenters. The lowest BCUT2D eigenvalue weighted by Gasteiger charge is -2.26. The molecule has 0 bridgehead atoms. The lowest BCUT2D eigenvalue weighted by Crippen LogP contribution is -2.10. The van der Waals surface area contributed by atoms with E-state index in [4.69, 9.17) is 0 Å². The Morgan fingerprint density at radius 3 is 0.821 bits per heavy atom. The summed E-state index contributed by atoms with van der Waals surface area (Å²) in [5, 5.41) is 15.1. The highest BCUT2D eigenvalue weighted by molar-refractivity contribution is 6.23. The fraction of sp³-hybridized carbons (Fsp3) is 0.0741. The predicted octanol–water partition coefficient (Wildman–Crippen LogP) is 30.3. The molecule has 0 aliphatic carbocycles. The Morgan fingerprint density at radius 1 is 0.232 bits per heavy atom. The molecule has 4 heteroatoms. The van der Waals surface area contributed by atoms with E-state index < -0.39 is 0 Å². The Kier molecular flexibility index (Phi) is 17.8. The molecular weight excluding hydrogens is 1350 g/mol. The zero-order valence-corrected chi connectivity index (χ0v) is 63.7. The normalized spacial score (nSPS) is 11.7. The molecule has 112 heavy (non-hydrogen) atoms. The number of anilines is 6. The van der Waals surface area contributed by atoms with Crippen molar-refractivity contribution in [2.75, 3.05) is 9.80 Å². The number of hydrogen-bond donors (Lipinski definition) is 0. The van der Waals surface area contributed by atoms with E-state index in [0.29, 0.717) is 5.92 Å². The molecule has 20 aromatic rings. The molecule has 18 aromatic carbocycles. The first-order valence-electron chi connectivity index (χ1n) is 39.2. The molecule has 0 fully saturated rings. The van der Waals surface area contributed by atoms with Crippen LogP contribution in [0.3, 0.4) is 0 Å². The SMILES string of the molecule is CC(C)(C)c1ccc2c(c1)c1cc(N(c3ccccc3)c3ccc(-c4c5ccccc5c(-c5ccccc5)c5ccccc45)cc3)ccc1n2-c1ccccc1.CC(C)Cc1ccc2c(c1)c1cc(N(c3ccccc3)c3ccc(-c4c5ccccc5c(-c5ccccc5)c5ccccc45)cc3)ccc1n2-c1ccccc1. The molecule has 0 saturated carbocycles. The van der Waals surface area contributed by atoms with Crippen molar-refractivity contribution in [2.45, 2.75) is 46.5 Å². The first-order chi connectivity index (χ1) is 55.1. The second-order valence-corrected chi connectivity index (χ2v) is 31.0. The number of nitrogens with zero attached hydrogens (tertiary/aromatic N) is 4. The summed E-state index contributed by atoms with van der Waals surface area (Å²) >= 11 is 0. The minimum atomic E-state index is 0.0311. The summed E-state index contributed by atoms with van der Waals surface area (Å²) in [5.74, 6) is 0.583. The van der Waals surface area contributed by atoms with Crippen LogP contribution in [-0.4, -0.2) is 9.13 Å². The van der Waals surface area contributed by atoms with Gasteiger partial charge in [0.05, 0.1) is 22.1 Å². The van der Waals surface area contributed by atoms with Gasteiger partial charge >= 0.3 is 0 Å². The summed E-state index contributed by atoms with van der Waals surface area (Å²) in [7, 11) is 0. The monoisotopic (exact) mass is 1440 g/mol. The number of benzene rings is 18. The average Bonchev–Trinajstić information content (AvgIpc) is 1.35. The van der Waals surface area contributed by atoms with Gasteiger partial charge in [-0.15, -0.1) is 0 Å². The number of para-hydroxylation sites is 4. The molecule has 2 heterocycles. The van der Waals surface area contributed by atoms with Crippen molar-refractivity contribution in [3.63, 3.8) is 0 Å². The Bertz CT molecular complexity index is 6740. The van der Waals surface area contributed by atoms with Crippen LogP contribution in [0.25, 0.3) is 143 Å². The smallest absolute Gasteiger partial charge is 0.0542 e. The Labute approximate surface area is 655 Å². The van der Waals surface area contributed by atoms with Gasteiger partial charge < -0.3 is 18.9 Å². The Balaban J connectivity index is 0.000000151. The van der Waals surface area contributed by atoms with Crippen LogP contribution in [-0.2, 0) is 11.8 Å². The number of rotatable bonds is 14. The molecule has 0 atom stereocenters. The van der Waals surface area contributed by atoms with Gasteiger partial charge in [-0.3, -0.25) is 0 Å². The first kappa shape index (κ1) is 68.7. The Hall–Kier alpha value is -13.8. The van der Waals surface area contributed by atoms with E-state index in [0.717, 1.165) is 46.2 Å². The van der Waals surface area contributed by atoms with Crippen molar-refractivity contribution in [1.29, 1.82) is 0 Å². The van der Waals surface area contributed by atoms with Crippen molar-refractivity contribution < 1.29 is 0 Å². The van der Waals surface area contributed by atoms with Crippen molar-refractivity contribution in [2.24, 2.45) is 5.92 Å². The summed E-state index contributed by atoms with van der Waals surface area (Å²) in [6.07, 6.45) is 1.05. The second kappa shape index (κ2) is 29.0. The van der Waals surface area contributed by atoms with Crippen LogP contribution in [0.4, 0.5) is 34.1 Å². The molecule has 0 N–H and O–H groups in total. The lowest BCUT2D eigenvalue weighted by molar-refractivity contribution is 0.591. The van der Waals surface area contributed by atoms with Gasteiger partial charge in [0.25, 0.3) is 0 Å². The fourth-order valence-electron chi connectivity index (χ4n) is 17.4. The summed E-state index contributed by atoms with van der Waals surface area (Å²) in [4.78, 5) is 4.78. The molecule has 20 rings (SSSR count). The van der Waals surface area contributed by atoms with Crippen LogP contribution in [0, 0.1) is 5.92 Å². The van der Waals surface area contributed by atoms with Crippen molar-refractivity contribution >= 4 is 121 Å². The van der Waals surface area contributed by atoms with Gasteiger partial charge in [-0.1, -0.05) is 302 Å². The quantitative estimate of drug-likeness (QED) is 0.101. The molecule has 0 aliphatic heterocycles. The maximum absolute atomic E-state index is 2.42. The van der Waals surface area contributed by atoms with E-state index in [2.05, 4.69) is 454 Å². The predicted molar refractivity (Wildman–Crippen MR) is 480 cm³/mol. The van der Waals surface area contributed by atoms with Crippen molar-refractivity contribution in [3.05, 3.63) is 412 Å². The standard InChI is InChI=1S/2C54H42N2/c1-54(2,3)39-29-33-50-48(35-39)49-36-43(32-34-51(49)56(50)41-21-11-6-12-22-41)55(40-19-9-5-10-20-40)42-30-27-38(28-31-42)53-46-25-15-13-23-44(46)52(37-17-7-4-8-18-37)45-24-14-16-26-47(45)53;1-37(2)34-38-26-32-51-49(35-38)50-36-44(31-33-52(50)56(51)42-20-10-5-11-21-42)55(41-18-8-4-9-19-41)43-29-27-40(28-30-43)54-47-24-14-12-22-45(47)53(39-16-6-3-7-17-39)46-23-13-15-25-48(46)54/h4-36H,1-3H3;3-33,35-37H,34H2,1-2H3. The zero-order chi connectivity index (χ0) is 75.4. The van der Waals surface area contributed by atoms with E-state index in [-0.39, 0.29) is 5.41 Å². The van der Waals surface area contributed by atoms with Crippen LogP contribution in [0.2, 0.25) is 0 Å². The molecule has 0 radical (unpaired) electrons. The third-order valence-corrected chi connectivity index (χ3v) is 22.5. The van der Waals surface area contributed by atoms with E-state index in [1.54, 1.807) is 0 Å². The summed E-state index contributed by atoms with van der Waals surface area (Å²) in [5.41, 5.74) is 26.6. The van der Waals surface area contributed by atoms with Gasteiger partial charge in [0.1, 0.15) is 0 Å². The van der Waals surface area contributed by atoms with Gasteiger partial charge in [-0.25, -0.2) is 0 Å². The molecule has 0 aliphatic rings. The minimum absolute atomic E-state index is 0.0311. The molecule has 0 amide bonds. The number of aromatic nitrogens is 2. The van der Waals surface area contributed by atoms with E-state index in [1.165, 1.54) is 148 Å². The van der Waals surface area contributed by atoms with E-state index >= 15 is 0 Å². The highest BCUT2D eigenvalue weighted by atomic mass is 15.1. The van der Waals surface area contributed by atoms with Crippen LogP contribution < -0.4 is 9.80 Å². The first-order valence-corrected chi connectivity index (χ1v) is 39.2. The van der Waals surface area contributed by atoms with Gasteiger partial charge in [0.2, 0.25) is 0 Å². The van der Waals surface area contributed by atoms with Crippen molar-refractivity contribution in [3.8, 4) is 55.9 Å². The second-order valence-electron chi connectivity index (χ2n) is 31.0. The van der Waals surface area contributed by atoms with E-state index in [9.17, 15) is 0 Å². The van der Waals surface area contributed by atoms with Crippen LogP contribution in [0.1, 0.15) is 45.7 Å². The summed E-state index contributed by atoms with van der Waals surface area (Å²) < 4.78 is 4.81. The highest BCUT2D eigenvalue weighted by Gasteiger charge is 2.25. The summed E-state index contributed by atoms with van der Waals surface area (Å²) in [6.45, 7) is 11.5. The van der Waals surface area contributed by atoms with Crippen LogP contribution >= 0.6 is 0 Å². The maximum Gasteiger partial charge on any atom is 0.0542 e.